The van der Waals surface area contributed by atoms with Crippen LogP contribution in [0.4, 0.5) is 0 Å². The van der Waals surface area contributed by atoms with Gasteiger partial charge in [0.1, 0.15) is 5.69 Å². The average molecular weight is 244 g/mol. The van der Waals surface area contributed by atoms with Crippen LogP contribution >= 0.6 is 0 Å². The molecule has 0 aromatic carbocycles. The third-order valence-corrected chi connectivity index (χ3v) is 3.41. The average Bonchev–Trinajstić information content (AvgIpc) is 2.98. The summed E-state index contributed by atoms with van der Waals surface area (Å²) in [5.41, 5.74) is 1.71. The summed E-state index contributed by atoms with van der Waals surface area (Å²) >= 11 is 0. The Labute approximate surface area is 106 Å². The van der Waals surface area contributed by atoms with Crippen molar-refractivity contribution in [3.8, 4) is 11.5 Å². The van der Waals surface area contributed by atoms with Crippen molar-refractivity contribution in [3.05, 3.63) is 29.8 Å². The number of pyridine rings is 1. The third-order valence-electron chi connectivity index (χ3n) is 3.41. The Morgan fingerprint density at radius 1 is 1.44 bits per heavy atom. The van der Waals surface area contributed by atoms with Crippen LogP contribution in [0.15, 0.2) is 22.9 Å². The minimum Gasteiger partial charge on any atom is -0.337 e. The number of nitrogens with one attached hydrogen (secondary N) is 1. The minimum atomic E-state index is -0.185. The minimum absolute atomic E-state index is 0.185. The van der Waals surface area contributed by atoms with Crippen molar-refractivity contribution in [1.29, 1.82) is 0 Å². The highest BCUT2D eigenvalue weighted by atomic mass is 16.5. The monoisotopic (exact) mass is 244 g/mol. The molecule has 0 spiro atoms. The van der Waals surface area contributed by atoms with Gasteiger partial charge in [-0.05, 0) is 50.9 Å². The second-order valence-corrected chi connectivity index (χ2v) is 5.00. The molecule has 0 bridgehead atoms. The molecule has 1 aliphatic rings. The van der Waals surface area contributed by atoms with Crippen molar-refractivity contribution in [2.75, 3.05) is 6.54 Å². The van der Waals surface area contributed by atoms with Crippen LogP contribution in [0.5, 0.6) is 0 Å². The molecular formula is C13H16N4O. The van der Waals surface area contributed by atoms with Gasteiger partial charge in [-0.15, -0.1) is 0 Å². The van der Waals surface area contributed by atoms with E-state index < -0.39 is 0 Å². The number of aromatic nitrogens is 3. The zero-order valence-electron chi connectivity index (χ0n) is 10.6. The van der Waals surface area contributed by atoms with Gasteiger partial charge >= 0.3 is 0 Å². The standard InChI is InChI=1S/C13H16N4O/c1-9-4-7-14-10(8-9)11-16-12(18-17-11)13(2)5-3-6-15-13/h4,7-8,15H,3,5-6H2,1-2H3. The van der Waals surface area contributed by atoms with Crippen molar-refractivity contribution < 1.29 is 4.52 Å². The first kappa shape index (κ1) is 11.3. The van der Waals surface area contributed by atoms with Crippen LogP contribution in [0, 0.1) is 6.92 Å². The van der Waals surface area contributed by atoms with Crippen LogP contribution < -0.4 is 5.32 Å². The molecule has 1 aliphatic heterocycles. The summed E-state index contributed by atoms with van der Waals surface area (Å²) in [6.07, 6.45) is 3.92. The summed E-state index contributed by atoms with van der Waals surface area (Å²) in [4.78, 5) is 8.74. The second-order valence-electron chi connectivity index (χ2n) is 5.00. The quantitative estimate of drug-likeness (QED) is 0.875. The van der Waals surface area contributed by atoms with Gasteiger partial charge in [-0.2, -0.15) is 4.98 Å². The lowest BCUT2D eigenvalue weighted by atomic mass is 10.0. The van der Waals surface area contributed by atoms with Crippen LogP contribution in [0.3, 0.4) is 0 Å². The van der Waals surface area contributed by atoms with Gasteiger partial charge in [0.2, 0.25) is 11.7 Å². The normalized spacial score (nSPS) is 23.4. The van der Waals surface area contributed by atoms with Crippen molar-refractivity contribution in [2.24, 2.45) is 0 Å². The van der Waals surface area contributed by atoms with Crippen LogP contribution in [-0.2, 0) is 5.54 Å². The molecule has 0 aliphatic carbocycles. The number of rotatable bonds is 2. The van der Waals surface area contributed by atoms with E-state index in [0.29, 0.717) is 11.7 Å². The molecule has 1 fully saturated rings. The lowest BCUT2D eigenvalue weighted by Gasteiger charge is -2.18. The zero-order chi connectivity index (χ0) is 12.6. The SMILES string of the molecule is Cc1ccnc(-c2noc(C3(C)CCCN3)n2)c1. The Morgan fingerprint density at radius 2 is 2.33 bits per heavy atom. The molecule has 2 aromatic heterocycles. The first-order valence-electron chi connectivity index (χ1n) is 6.20. The number of hydrogen-bond donors (Lipinski definition) is 1. The van der Waals surface area contributed by atoms with E-state index >= 15 is 0 Å². The second kappa shape index (κ2) is 4.17. The molecule has 0 saturated carbocycles. The molecule has 1 unspecified atom stereocenters. The summed E-state index contributed by atoms with van der Waals surface area (Å²) in [6, 6.07) is 3.91. The highest BCUT2D eigenvalue weighted by Gasteiger charge is 2.35. The summed E-state index contributed by atoms with van der Waals surface area (Å²) in [6.45, 7) is 5.11. The topological polar surface area (TPSA) is 63.8 Å². The molecule has 18 heavy (non-hydrogen) atoms. The van der Waals surface area contributed by atoms with E-state index in [-0.39, 0.29) is 5.54 Å². The fourth-order valence-electron chi connectivity index (χ4n) is 2.29. The Bertz CT molecular complexity index is 558. The molecule has 1 atom stereocenters. The highest BCUT2D eigenvalue weighted by Crippen LogP contribution is 2.30. The number of aryl methyl sites for hydroxylation is 1. The summed E-state index contributed by atoms with van der Waals surface area (Å²) in [5.74, 6) is 1.21. The van der Waals surface area contributed by atoms with Crippen molar-refractivity contribution in [1.82, 2.24) is 20.4 Å². The maximum atomic E-state index is 5.38. The van der Waals surface area contributed by atoms with Crippen molar-refractivity contribution >= 4 is 0 Å². The number of hydrogen-bond acceptors (Lipinski definition) is 5. The molecule has 0 amide bonds. The van der Waals surface area contributed by atoms with Gasteiger partial charge in [0.05, 0.1) is 5.54 Å². The van der Waals surface area contributed by atoms with Crippen LogP contribution in [0.1, 0.15) is 31.2 Å². The Morgan fingerprint density at radius 3 is 3.06 bits per heavy atom. The molecule has 5 heteroatoms. The maximum Gasteiger partial charge on any atom is 0.247 e. The highest BCUT2D eigenvalue weighted by molar-refractivity contribution is 5.49. The predicted octanol–water partition coefficient (Wildman–Crippen LogP) is 2.04. The molecule has 3 rings (SSSR count). The van der Waals surface area contributed by atoms with Gasteiger partial charge in [0.25, 0.3) is 0 Å². The molecule has 5 nitrogen and oxygen atoms in total. The van der Waals surface area contributed by atoms with E-state index in [0.717, 1.165) is 30.6 Å². The molecule has 3 heterocycles. The van der Waals surface area contributed by atoms with E-state index in [1.165, 1.54) is 0 Å². The number of nitrogens with zero attached hydrogens (tertiary/aromatic N) is 3. The molecular weight excluding hydrogens is 228 g/mol. The first-order valence-corrected chi connectivity index (χ1v) is 6.20. The largest absolute Gasteiger partial charge is 0.337 e. The van der Waals surface area contributed by atoms with E-state index in [1.54, 1.807) is 6.20 Å². The van der Waals surface area contributed by atoms with E-state index in [2.05, 4.69) is 27.4 Å². The predicted molar refractivity (Wildman–Crippen MR) is 66.9 cm³/mol. The molecule has 94 valence electrons. The summed E-state index contributed by atoms with van der Waals surface area (Å²) < 4.78 is 5.38. The lowest BCUT2D eigenvalue weighted by Crippen LogP contribution is -2.33. The van der Waals surface area contributed by atoms with E-state index in [4.69, 9.17) is 4.52 Å². The molecule has 1 N–H and O–H groups in total. The van der Waals surface area contributed by atoms with Crippen molar-refractivity contribution in [3.63, 3.8) is 0 Å². The van der Waals surface area contributed by atoms with E-state index in [9.17, 15) is 0 Å². The molecule has 2 aromatic rings. The van der Waals surface area contributed by atoms with Crippen molar-refractivity contribution in [2.45, 2.75) is 32.2 Å². The maximum absolute atomic E-state index is 5.38. The van der Waals surface area contributed by atoms with Gasteiger partial charge in [-0.25, -0.2) is 0 Å². The molecule has 1 saturated heterocycles. The van der Waals surface area contributed by atoms with Gasteiger partial charge in [0, 0.05) is 6.20 Å². The van der Waals surface area contributed by atoms with Crippen LogP contribution in [0.25, 0.3) is 11.5 Å². The zero-order valence-corrected chi connectivity index (χ0v) is 10.6. The fourth-order valence-corrected chi connectivity index (χ4v) is 2.29. The van der Waals surface area contributed by atoms with Gasteiger partial charge in [-0.3, -0.25) is 4.98 Å². The smallest absolute Gasteiger partial charge is 0.247 e. The van der Waals surface area contributed by atoms with Gasteiger partial charge in [0.15, 0.2) is 0 Å². The summed E-state index contributed by atoms with van der Waals surface area (Å²) in [5, 5.41) is 7.44. The molecule has 0 radical (unpaired) electrons. The first-order chi connectivity index (χ1) is 8.67. The lowest BCUT2D eigenvalue weighted by molar-refractivity contribution is 0.275. The van der Waals surface area contributed by atoms with Crippen LogP contribution in [0.2, 0.25) is 0 Å². The van der Waals surface area contributed by atoms with Crippen LogP contribution in [-0.4, -0.2) is 21.7 Å². The Kier molecular flexibility index (Phi) is 2.63. The van der Waals surface area contributed by atoms with Gasteiger partial charge in [-0.1, -0.05) is 5.16 Å². The third kappa shape index (κ3) is 1.90. The van der Waals surface area contributed by atoms with Gasteiger partial charge < -0.3 is 9.84 Å². The van der Waals surface area contributed by atoms with E-state index in [1.807, 2.05) is 19.1 Å². The fraction of sp³-hybridized carbons (Fsp3) is 0.462. The Hall–Kier alpha value is -1.75. The Balaban J connectivity index is 1.94. The summed E-state index contributed by atoms with van der Waals surface area (Å²) in [7, 11) is 0.